The molecular formula is C16H25NO2. The molecule has 1 aliphatic carbocycles. The lowest BCUT2D eigenvalue weighted by molar-refractivity contribution is 0.0880. The van der Waals surface area contributed by atoms with E-state index in [1.54, 1.807) is 0 Å². The molecule has 2 rings (SSSR count). The van der Waals surface area contributed by atoms with Crippen molar-refractivity contribution in [1.29, 1.82) is 0 Å². The van der Waals surface area contributed by atoms with Gasteiger partial charge in [-0.15, -0.1) is 0 Å². The second-order valence-electron chi connectivity index (χ2n) is 5.53. The summed E-state index contributed by atoms with van der Waals surface area (Å²) in [6.45, 7) is 0.270. The molecule has 3 heteroatoms. The molecule has 1 aromatic carbocycles. The first-order valence-corrected chi connectivity index (χ1v) is 7.38. The molecule has 2 atom stereocenters. The van der Waals surface area contributed by atoms with Gasteiger partial charge in [0.25, 0.3) is 0 Å². The Hall–Kier alpha value is -0.900. The molecule has 0 aromatic heterocycles. The molecule has 19 heavy (non-hydrogen) atoms. The van der Waals surface area contributed by atoms with Gasteiger partial charge in [0.05, 0.1) is 12.7 Å². The summed E-state index contributed by atoms with van der Waals surface area (Å²) >= 11 is 0. The molecule has 0 bridgehead atoms. The zero-order chi connectivity index (χ0) is 13.5. The van der Waals surface area contributed by atoms with E-state index in [0.29, 0.717) is 18.5 Å². The molecule has 0 amide bonds. The van der Waals surface area contributed by atoms with Crippen LogP contribution in [0.4, 0.5) is 0 Å². The fraction of sp³-hybridized carbons (Fsp3) is 0.625. The predicted octanol–water partition coefficient (Wildman–Crippen LogP) is 2.25. The highest BCUT2D eigenvalue weighted by molar-refractivity contribution is 5.20. The molecule has 1 aromatic rings. The third kappa shape index (κ3) is 4.30. The van der Waals surface area contributed by atoms with Gasteiger partial charge in [-0.2, -0.15) is 0 Å². The van der Waals surface area contributed by atoms with Crippen LogP contribution in [0.25, 0.3) is 0 Å². The van der Waals surface area contributed by atoms with E-state index in [2.05, 4.69) is 29.6 Å². The Morgan fingerprint density at radius 3 is 2.42 bits per heavy atom. The minimum atomic E-state index is -0.671. The lowest BCUT2D eigenvalue weighted by Gasteiger charge is -2.32. The average Bonchev–Trinajstić information content (AvgIpc) is 2.49. The largest absolute Gasteiger partial charge is 0.394 e. The number of rotatable bonds is 6. The van der Waals surface area contributed by atoms with E-state index in [4.69, 9.17) is 5.11 Å². The minimum Gasteiger partial charge on any atom is -0.394 e. The van der Waals surface area contributed by atoms with Crippen LogP contribution in [-0.4, -0.2) is 29.5 Å². The molecule has 0 saturated heterocycles. The van der Waals surface area contributed by atoms with Crippen molar-refractivity contribution >= 4 is 0 Å². The Balaban J connectivity index is 2.04. The average molecular weight is 263 g/mol. The van der Waals surface area contributed by atoms with Gasteiger partial charge in [-0.3, -0.25) is 0 Å². The summed E-state index contributed by atoms with van der Waals surface area (Å²) in [7, 11) is 0. The maximum atomic E-state index is 9.54. The number of hydrogen-bond acceptors (Lipinski definition) is 3. The van der Waals surface area contributed by atoms with E-state index in [1.165, 1.54) is 37.7 Å². The Morgan fingerprint density at radius 2 is 1.79 bits per heavy atom. The van der Waals surface area contributed by atoms with Crippen molar-refractivity contribution in [2.75, 3.05) is 13.2 Å². The van der Waals surface area contributed by atoms with E-state index < -0.39 is 6.10 Å². The number of hydrogen-bond donors (Lipinski definition) is 3. The standard InChI is InChI=1S/C16H25NO2/c18-12-15(19)11-17-16(13-7-3-1-4-8-13)14-9-5-2-6-10-14/h1,3-4,7-8,14-19H,2,5-6,9-12H2. The summed E-state index contributed by atoms with van der Waals surface area (Å²) in [5, 5.41) is 21.9. The maximum absolute atomic E-state index is 9.54. The van der Waals surface area contributed by atoms with Crippen LogP contribution in [0.15, 0.2) is 30.3 Å². The van der Waals surface area contributed by atoms with Gasteiger partial charge >= 0.3 is 0 Å². The fourth-order valence-electron chi connectivity index (χ4n) is 3.01. The van der Waals surface area contributed by atoms with Gasteiger partial charge in [-0.25, -0.2) is 0 Å². The van der Waals surface area contributed by atoms with Crippen LogP contribution in [0, 0.1) is 5.92 Å². The third-order valence-corrected chi connectivity index (χ3v) is 4.06. The van der Waals surface area contributed by atoms with Crippen LogP contribution in [0.3, 0.4) is 0 Å². The molecule has 3 N–H and O–H groups in total. The van der Waals surface area contributed by atoms with E-state index in [9.17, 15) is 5.11 Å². The van der Waals surface area contributed by atoms with Crippen LogP contribution in [0.2, 0.25) is 0 Å². The molecule has 3 nitrogen and oxygen atoms in total. The second kappa shape index (κ2) is 7.63. The van der Waals surface area contributed by atoms with E-state index >= 15 is 0 Å². The van der Waals surface area contributed by atoms with E-state index in [1.807, 2.05) is 6.07 Å². The summed E-state index contributed by atoms with van der Waals surface area (Å²) in [6, 6.07) is 10.8. The highest BCUT2D eigenvalue weighted by Gasteiger charge is 2.25. The van der Waals surface area contributed by atoms with Crippen LogP contribution in [-0.2, 0) is 0 Å². The van der Waals surface area contributed by atoms with Gasteiger partial charge < -0.3 is 15.5 Å². The molecule has 1 fully saturated rings. The highest BCUT2D eigenvalue weighted by Crippen LogP contribution is 2.34. The Kier molecular flexibility index (Phi) is 5.83. The van der Waals surface area contributed by atoms with Gasteiger partial charge in [0, 0.05) is 12.6 Å². The molecule has 2 unspecified atom stereocenters. The molecule has 0 heterocycles. The monoisotopic (exact) mass is 263 g/mol. The fourth-order valence-corrected chi connectivity index (χ4v) is 3.01. The number of benzene rings is 1. The summed E-state index contributed by atoms with van der Waals surface area (Å²) in [6.07, 6.45) is 5.78. The van der Waals surface area contributed by atoms with Gasteiger partial charge in [-0.05, 0) is 24.3 Å². The van der Waals surface area contributed by atoms with Crippen molar-refractivity contribution in [2.45, 2.75) is 44.2 Å². The topological polar surface area (TPSA) is 52.5 Å². The van der Waals surface area contributed by atoms with Crippen LogP contribution in [0.5, 0.6) is 0 Å². The van der Waals surface area contributed by atoms with Crippen molar-refractivity contribution in [3.63, 3.8) is 0 Å². The second-order valence-corrected chi connectivity index (χ2v) is 5.53. The van der Waals surface area contributed by atoms with Crippen molar-refractivity contribution in [3.05, 3.63) is 35.9 Å². The van der Waals surface area contributed by atoms with Crippen molar-refractivity contribution < 1.29 is 10.2 Å². The van der Waals surface area contributed by atoms with Crippen molar-refractivity contribution in [2.24, 2.45) is 5.92 Å². The van der Waals surface area contributed by atoms with Gasteiger partial charge in [0.15, 0.2) is 0 Å². The first-order chi connectivity index (χ1) is 9.31. The minimum absolute atomic E-state index is 0.181. The molecule has 1 aliphatic rings. The van der Waals surface area contributed by atoms with Crippen LogP contribution in [0.1, 0.15) is 43.7 Å². The third-order valence-electron chi connectivity index (χ3n) is 4.06. The quantitative estimate of drug-likeness (QED) is 0.738. The first-order valence-electron chi connectivity index (χ1n) is 7.38. The number of nitrogens with one attached hydrogen (secondary N) is 1. The molecule has 1 saturated carbocycles. The van der Waals surface area contributed by atoms with Gasteiger partial charge in [0.2, 0.25) is 0 Å². The predicted molar refractivity (Wildman–Crippen MR) is 76.9 cm³/mol. The molecule has 0 spiro atoms. The SMILES string of the molecule is OCC(O)CNC(c1ccccc1)C1CCCCC1. The maximum Gasteiger partial charge on any atom is 0.0895 e. The normalized spacial score (nSPS) is 20.1. The van der Waals surface area contributed by atoms with Gasteiger partial charge in [0.1, 0.15) is 0 Å². The number of aliphatic hydroxyl groups excluding tert-OH is 2. The smallest absolute Gasteiger partial charge is 0.0895 e. The molecular weight excluding hydrogens is 238 g/mol. The lowest BCUT2D eigenvalue weighted by Crippen LogP contribution is -2.36. The Bertz CT molecular complexity index is 349. The van der Waals surface area contributed by atoms with Crippen molar-refractivity contribution in [1.82, 2.24) is 5.32 Å². The summed E-state index contributed by atoms with van der Waals surface area (Å²) in [5.74, 6) is 0.641. The number of aliphatic hydroxyl groups is 2. The van der Waals surface area contributed by atoms with Crippen molar-refractivity contribution in [3.8, 4) is 0 Å². The van der Waals surface area contributed by atoms with Crippen LogP contribution < -0.4 is 5.32 Å². The summed E-state index contributed by atoms with van der Waals surface area (Å²) in [4.78, 5) is 0. The summed E-state index contributed by atoms with van der Waals surface area (Å²) in [5.41, 5.74) is 1.29. The molecule has 0 aliphatic heterocycles. The molecule has 0 radical (unpaired) electrons. The Labute approximate surface area is 115 Å². The Morgan fingerprint density at radius 1 is 1.11 bits per heavy atom. The zero-order valence-corrected chi connectivity index (χ0v) is 11.5. The van der Waals surface area contributed by atoms with Gasteiger partial charge in [-0.1, -0.05) is 49.6 Å². The zero-order valence-electron chi connectivity index (χ0n) is 11.5. The van der Waals surface area contributed by atoms with Crippen LogP contribution >= 0.6 is 0 Å². The first kappa shape index (κ1) is 14.5. The van der Waals surface area contributed by atoms with E-state index in [0.717, 1.165) is 0 Å². The summed E-state index contributed by atoms with van der Waals surface area (Å²) < 4.78 is 0. The van der Waals surface area contributed by atoms with E-state index in [-0.39, 0.29) is 6.61 Å². The highest BCUT2D eigenvalue weighted by atomic mass is 16.3. The lowest BCUT2D eigenvalue weighted by atomic mass is 9.81. The molecule has 106 valence electrons.